The average molecular weight is 280 g/mol. The summed E-state index contributed by atoms with van der Waals surface area (Å²) in [5, 5.41) is 5.21. The summed E-state index contributed by atoms with van der Waals surface area (Å²) in [7, 11) is 0. The molecule has 2 atom stereocenters. The summed E-state index contributed by atoms with van der Waals surface area (Å²) in [5.74, 6) is -0.280. The lowest BCUT2D eigenvalue weighted by molar-refractivity contribution is -0.124. The van der Waals surface area contributed by atoms with Crippen LogP contribution in [-0.4, -0.2) is 23.5 Å². The molecular formula is C13H16N2O3S. The van der Waals surface area contributed by atoms with E-state index in [1.54, 1.807) is 0 Å². The predicted molar refractivity (Wildman–Crippen MR) is 73.5 cm³/mol. The van der Waals surface area contributed by atoms with E-state index >= 15 is 0 Å². The number of nitrogens with one attached hydrogen (secondary N) is 2. The number of amides is 2. The fourth-order valence-electron chi connectivity index (χ4n) is 1.65. The van der Waals surface area contributed by atoms with Crippen LogP contribution in [0.1, 0.15) is 24.8 Å². The topological polar surface area (TPSA) is 67.4 Å². The van der Waals surface area contributed by atoms with Crippen LogP contribution in [0.5, 0.6) is 0 Å². The number of carbonyl (C=O) groups is 2. The summed E-state index contributed by atoms with van der Waals surface area (Å²) in [6.07, 6.45) is -0.573. The molecule has 2 unspecified atom stereocenters. The number of thioether (sulfide) groups is 1. The lowest BCUT2D eigenvalue weighted by atomic mass is 10.2. The zero-order valence-electron chi connectivity index (χ0n) is 10.8. The van der Waals surface area contributed by atoms with Crippen LogP contribution < -0.4 is 10.6 Å². The van der Waals surface area contributed by atoms with Gasteiger partial charge < -0.3 is 15.4 Å². The molecule has 2 rings (SSSR count). The van der Waals surface area contributed by atoms with Crippen LogP contribution in [0.4, 0.5) is 4.79 Å². The lowest BCUT2D eigenvalue weighted by Gasteiger charge is -2.12. The van der Waals surface area contributed by atoms with Crippen molar-refractivity contribution in [3.8, 4) is 0 Å². The number of rotatable bonds is 3. The third kappa shape index (κ3) is 3.64. The van der Waals surface area contributed by atoms with Gasteiger partial charge in [-0.15, -0.1) is 0 Å². The lowest BCUT2D eigenvalue weighted by Crippen LogP contribution is -2.35. The molecular weight excluding hydrogens is 264 g/mol. The highest BCUT2D eigenvalue weighted by Crippen LogP contribution is 2.35. The van der Waals surface area contributed by atoms with Crippen molar-refractivity contribution < 1.29 is 14.3 Å². The van der Waals surface area contributed by atoms with Crippen molar-refractivity contribution in [2.75, 3.05) is 0 Å². The molecule has 6 heteroatoms. The van der Waals surface area contributed by atoms with Gasteiger partial charge in [-0.2, -0.15) is 0 Å². The van der Waals surface area contributed by atoms with E-state index in [4.69, 9.17) is 4.74 Å². The minimum absolute atomic E-state index is 0.0214. The summed E-state index contributed by atoms with van der Waals surface area (Å²) in [6.45, 7) is 3.66. The Morgan fingerprint density at radius 2 is 2.05 bits per heavy atom. The van der Waals surface area contributed by atoms with E-state index < -0.39 is 11.5 Å². The summed E-state index contributed by atoms with van der Waals surface area (Å²) >= 11 is 1.28. The maximum Gasteiger partial charge on any atom is 0.408 e. The molecule has 2 amide bonds. The van der Waals surface area contributed by atoms with Crippen molar-refractivity contribution in [1.29, 1.82) is 0 Å². The Balaban J connectivity index is 1.95. The molecule has 1 saturated heterocycles. The number of benzene rings is 1. The third-order valence-corrected chi connectivity index (χ3v) is 3.69. The molecule has 0 radical (unpaired) electrons. The van der Waals surface area contributed by atoms with Gasteiger partial charge >= 0.3 is 6.09 Å². The van der Waals surface area contributed by atoms with E-state index in [-0.39, 0.29) is 17.3 Å². The van der Waals surface area contributed by atoms with Gasteiger partial charge in [-0.05, 0) is 19.4 Å². The fourth-order valence-corrected chi connectivity index (χ4v) is 2.73. The maximum atomic E-state index is 11.7. The summed E-state index contributed by atoms with van der Waals surface area (Å²) < 4.78 is 5.09. The zero-order valence-corrected chi connectivity index (χ0v) is 11.6. The first-order valence-corrected chi connectivity index (χ1v) is 6.98. The quantitative estimate of drug-likeness (QED) is 0.888. The normalized spacial score (nSPS) is 22.2. The van der Waals surface area contributed by atoms with Gasteiger partial charge in [-0.3, -0.25) is 4.79 Å². The van der Waals surface area contributed by atoms with Crippen molar-refractivity contribution in [2.45, 2.75) is 30.7 Å². The molecule has 19 heavy (non-hydrogen) atoms. The summed E-state index contributed by atoms with van der Waals surface area (Å²) in [4.78, 5) is 23.2. The van der Waals surface area contributed by atoms with Crippen molar-refractivity contribution in [1.82, 2.24) is 10.6 Å². The molecule has 0 bridgehead atoms. The minimum Gasteiger partial charge on any atom is -0.425 e. The SMILES string of the molecule is CC(C)NC(=O)OC1SC(c2ccccc2)NC1=O. The van der Waals surface area contributed by atoms with Crippen LogP contribution in [-0.2, 0) is 9.53 Å². The van der Waals surface area contributed by atoms with Crippen molar-refractivity contribution >= 4 is 23.8 Å². The van der Waals surface area contributed by atoms with E-state index in [0.29, 0.717) is 0 Å². The molecule has 2 N–H and O–H groups in total. The Bertz CT molecular complexity index is 464. The monoisotopic (exact) mass is 280 g/mol. The number of hydrogen-bond acceptors (Lipinski definition) is 4. The second-order valence-electron chi connectivity index (χ2n) is 4.47. The second-order valence-corrected chi connectivity index (χ2v) is 5.64. The van der Waals surface area contributed by atoms with Crippen molar-refractivity contribution in [2.24, 2.45) is 0 Å². The largest absolute Gasteiger partial charge is 0.425 e. The molecule has 1 aromatic carbocycles. The van der Waals surface area contributed by atoms with Gasteiger partial charge in [0.15, 0.2) is 0 Å². The van der Waals surface area contributed by atoms with Crippen LogP contribution in [0, 0.1) is 0 Å². The highest BCUT2D eigenvalue weighted by atomic mass is 32.2. The third-order valence-electron chi connectivity index (χ3n) is 2.47. The van der Waals surface area contributed by atoms with Crippen LogP contribution in [0.25, 0.3) is 0 Å². The van der Waals surface area contributed by atoms with Crippen molar-refractivity contribution in [3.05, 3.63) is 35.9 Å². The highest BCUT2D eigenvalue weighted by molar-refractivity contribution is 8.01. The summed E-state index contributed by atoms with van der Waals surface area (Å²) in [5.41, 5.74) is 0.181. The Hall–Kier alpha value is -1.69. The molecule has 1 aromatic rings. The molecule has 0 spiro atoms. The van der Waals surface area contributed by atoms with E-state index in [1.165, 1.54) is 11.8 Å². The predicted octanol–water partition coefficient (Wildman–Crippen LogP) is 2.01. The van der Waals surface area contributed by atoms with Gasteiger partial charge in [-0.25, -0.2) is 4.79 Å². The molecule has 1 aliphatic rings. The molecule has 102 valence electrons. The van der Waals surface area contributed by atoms with Gasteiger partial charge in [0.1, 0.15) is 5.37 Å². The van der Waals surface area contributed by atoms with Gasteiger partial charge in [-0.1, -0.05) is 42.1 Å². The Labute approximate surface area is 116 Å². The first-order valence-electron chi connectivity index (χ1n) is 6.04. The first kappa shape index (κ1) is 13.7. The van der Waals surface area contributed by atoms with E-state index in [1.807, 2.05) is 44.2 Å². The average Bonchev–Trinajstić information content (AvgIpc) is 2.71. The summed E-state index contributed by atoms with van der Waals surface area (Å²) in [6, 6.07) is 9.55. The second kappa shape index (κ2) is 5.97. The molecule has 1 fully saturated rings. The van der Waals surface area contributed by atoms with Crippen LogP contribution in [0.15, 0.2) is 30.3 Å². The van der Waals surface area contributed by atoms with E-state index in [9.17, 15) is 9.59 Å². The Kier molecular flexibility index (Phi) is 4.31. The number of hydrogen-bond donors (Lipinski definition) is 2. The Morgan fingerprint density at radius 1 is 1.37 bits per heavy atom. The van der Waals surface area contributed by atoms with Gasteiger partial charge in [0.25, 0.3) is 5.91 Å². The molecule has 0 saturated carbocycles. The number of carbonyl (C=O) groups excluding carboxylic acids is 2. The maximum absolute atomic E-state index is 11.7. The fraction of sp³-hybridized carbons (Fsp3) is 0.385. The van der Waals surface area contributed by atoms with Crippen LogP contribution in [0.3, 0.4) is 0 Å². The van der Waals surface area contributed by atoms with E-state index in [0.717, 1.165) is 5.56 Å². The standard InChI is InChI=1S/C13H16N2O3S/c1-8(2)14-13(17)18-12-10(16)15-11(19-12)9-6-4-3-5-7-9/h3-8,11-12H,1-2H3,(H,14,17)(H,15,16). The van der Waals surface area contributed by atoms with Crippen LogP contribution in [0.2, 0.25) is 0 Å². The molecule has 1 aliphatic heterocycles. The first-order chi connectivity index (χ1) is 9.06. The smallest absolute Gasteiger partial charge is 0.408 e. The molecule has 5 nitrogen and oxygen atoms in total. The zero-order chi connectivity index (χ0) is 13.8. The van der Waals surface area contributed by atoms with Crippen LogP contribution >= 0.6 is 11.8 Å². The van der Waals surface area contributed by atoms with E-state index in [2.05, 4.69) is 10.6 Å². The van der Waals surface area contributed by atoms with Gasteiger partial charge in [0.2, 0.25) is 5.44 Å². The minimum atomic E-state index is -0.802. The van der Waals surface area contributed by atoms with Gasteiger partial charge in [0, 0.05) is 6.04 Å². The number of ether oxygens (including phenoxy) is 1. The van der Waals surface area contributed by atoms with Gasteiger partial charge in [0.05, 0.1) is 0 Å². The highest BCUT2D eigenvalue weighted by Gasteiger charge is 2.36. The number of alkyl carbamates (subject to hydrolysis) is 1. The van der Waals surface area contributed by atoms with Crippen molar-refractivity contribution in [3.63, 3.8) is 0 Å². The molecule has 0 aromatic heterocycles. The molecule has 0 aliphatic carbocycles. The molecule has 1 heterocycles. The Morgan fingerprint density at radius 3 is 2.68 bits per heavy atom.